The van der Waals surface area contributed by atoms with Crippen LogP contribution in [0.25, 0.3) is 22.3 Å². The van der Waals surface area contributed by atoms with Crippen molar-refractivity contribution in [3.8, 4) is 11.3 Å². The number of alkyl halides is 3. The standard InChI is InChI=1S/C21H16F4N6/c22-14-6-4-13(5-7-14)16-8-9-17-18(29-16)19(28-12-21(23,24)25)31-20(30-17)27-11-15-3-1-2-10-26-15/h1-10H,11-12H2,(H2,27,28,30,31). The Bertz CT molecular complexity index is 1180. The predicted molar refractivity (Wildman–Crippen MR) is 109 cm³/mol. The second-order valence-electron chi connectivity index (χ2n) is 6.61. The number of hydrogen-bond acceptors (Lipinski definition) is 6. The molecule has 0 aliphatic carbocycles. The lowest BCUT2D eigenvalue weighted by Crippen LogP contribution is -2.22. The van der Waals surface area contributed by atoms with E-state index in [2.05, 4.69) is 30.6 Å². The van der Waals surface area contributed by atoms with Crippen molar-refractivity contribution in [1.82, 2.24) is 19.9 Å². The number of nitrogens with zero attached hydrogens (tertiary/aromatic N) is 4. The van der Waals surface area contributed by atoms with Crippen molar-refractivity contribution in [1.29, 1.82) is 0 Å². The number of pyridine rings is 2. The predicted octanol–water partition coefficient (Wildman–Crippen LogP) is 4.81. The largest absolute Gasteiger partial charge is 0.405 e. The third-order valence-corrected chi connectivity index (χ3v) is 4.29. The second-order valence-corrected chi connectivity index (χ2v) is 6.61. The lowest BCUT2D eigenvalue weighted by atomic mass is 10.1. The highest BCUT2D eigenvalue weighted by atomic mass is 19.4. The van der Waals surface area contributed by atoms with Gasteiger partial charge in [-0.05, 0) is 48.5 Å². The first kappa shape index (κ1) is 20.5. The van der Waals surface area contributed by atoms with E-state index >= 15 is 0 Å². The van der Waals surface area contributed by atoms with E-state index in [0.29, 0.717) is 23.3 Å². The van der Waals surface area contributed by atoms with Crippen LogP contribution in [0.2, 0.25) is 0 Å². The molecule has 6 nitrogen and oxygen atoms in total. The molecule has 0 saturated carbocycles. The summed E-state index contributed by atoms with van der Waals surface area (Å²) in [6, 6.07) is 14.3. The maximum atomic E-state index is 13.2. The molecule has 0 amide bonds. The number of hydrogen-bond donors (Lipinski definition) is 2. The first-order chi connectivity index (χ1) is 14.9. The normalized spacial score (nSPS) is 11.5. The molecular weight excluding hydrogens is 412 g/mol. The minimum absolute atomic E-state index is 0.0604. The molecule has 31 heavy (non-hydrogen) atoms. The van der Waals surface area contributed by atoms with Crippen molar-refractivity contribution in [2.24, 2.45) is 0 Å². The summed E-state index contributed by atoms with van der Waals surface area (Å²) >= 11 is 0. The van der Waals surface area contributed by atoms with Gasteiger partial charge in [-0.2, -0.15) is 18.2 Å². The van der Waals surface area contributed by atoms with Gasteiger partial charge in [-0.1, -0.05) is 6.07 Å². The molecule has 0 aliphatic heterocycles. The molecule has 3 aromatic heterocycles. The quantitative estimate of drug-likeness (QED) is 0.429. The molecule has 158 valence electrons. The Kier molecular flexibility index (Phi) is 5.61. The third kappa shape index (κ3) is 5.21. The molecule has 0 saturated heterocycles. The van der Waals surface area contributed by atoms with E-state index in [-0.39, 0.29) is 17.3 Å². The Labute approximate surface area is 174 Å². The van der Waals surface area contributed by atoms with Gasteiger partial charge in [0, 0.05) is 11.8 Å². The summed E-state index contributed by atoms with van der Waals surface area (Å²) in [6.07, 6.45) is -2.80. The zero-order valence-electron chi connectivity index (χ0n) is 16.0. The molecule has 2 N–H and O–H groups in total. The van der Waals surface area contributed by atoms with Gasteiger partial charge in [0.25, 0.3) is 0 Å². The average Bonchev–Trinajstić information content (AvgIpc) is 2.76. The molecule has 0 bridgehead atoms. The SMILES string of the molecule is Fc1ccc(-c2ccc3nc(NCc4ccccn4)nc(NCC(F)(F)F)c3n2)cc1. The van der Waals surface area contributed by atoms with Crippen LogP contribution in [-0.2, 0) is 6.54 Å². The van der Waals surface area contributed by atoms with Crippen LogP contribution in [0.4, 0.5) is 29.3 Å². The second kappa shape index (κ2) is 8.50. The summed E-state index contributed by atoms with van der Waals surface area (Å²) in [6.45, 7) is -0.979. The van der Waals surface area contributed by atoms with Crippen molar-refractivity contribution in [2.75, 3.05) is 17.2 Å². The summed E-state index contributed by atoms with van der Waals surface area (Å²) in [5, 5.41) is 5.27. The van der Waals surface area contributed by atoms with Gasteiger partial charge >= 0.3 is 6.18 Å². The summed E-state index contributed by atoms with van der Waals surface area (Å²) in [5.41, 5.74) is 2.33. The number of rotatable bonds is 6. The lowest BCUT2D eigenvalue weighted by molar-refractivity contribution is -0.115. The van der Waals surface area contributed by atoms with Gasteiger partial charge in [-0.25, -0.2) is 14.4 Å². The first-order valence-electron chi connectivity index (χ1n) is 9.26. The zero-order chi connectivity index (χ0) is 21.8. The van der Waals surface area contributed by atoms with Gasteiger partial charge in [0.2, 0.25) is 5.95 Å². The minimum Gasteiger partial charge on any atom is -0.359 e. The van der Waals surface area contributed by atoms with Gasteiger partial charge in [0.1, 0.15) is 17.9 Å². The van der Waals surface area contributed by atoms with Crippen molar-refractivity contribution in [3.63, 3.8) is 0 Å². The van der Waals surface area contributed by atoms with Gasteiger partial charge in [-0.3, -0.25) is 4.98 Å². The molecule has 10 heteroatoms. The van der Waals surface area contributed by atoms with Crippen molar-refractivity contribution >= 4 is 22.8 Å². The summed E-state index contributed by atoms with van der Waals surface area (Å²) in [4.78, 5) is 17.1. The molecule has 0 spiro atoms. The van der Waals surface area contributed by atoms with Gasteiger partial charge in [0.05, 0.1) is 23.4 Å². The molecule has 4 rings (SSSR count). The monoisotopic (exact) mass is 428 g/mol. The number of aromatic nitrogens is 4. The van der Waals surface area contributed by atoms with E-state index in [0.717, 1.165) is 5.69 Å². The molecule has 0 aliphatic rings. The van der Waals surface area contributed by atoms with E-state index in [4.69, 9.17) is 0 Å². The van der Waals surface area contributed by atoms with E-state index in [1.54, 1.807) is 30.5 Å². The fraction of sp³-hybridized carbons (Fsp3) is 0.143. The fourth-order valence-electron chi connectivity index (χ4n) is 2.85. The molecule has 0 radical (unpaired) electrons. The van der Waals surface area contributed by atoms with E-state index < -0.39 is 18.5 Å². The van der Waals surface area contributed by atoms with Crippen LogP contribution in [-0.4, -0.2) is 32.7 Å². The Balaban J connectivity index is 1.70. The fourth-order valence-corrected chi connectivity index (χ4v) is 2.85. The maximum Gasteiger partial charge on any atom is 0.405 e. The van der Waals surface area contributed by atoms with Crippen LogP contribution in [0.15, 0.2) is 60.8 Å². The van der Waals surface area contributed by atoms with E-state index in [1.807, 2.05) is 6.07 Å². The zero-order valence-corrected chi connectivity index (χ0v) is 16.0. The number of benzene rings is 1. The Morgan fingerprint density at radius 2 is 1.65 bits per heavy atom. The molecule has 1 aromatic carbocycles. The van der Waals surface area contributed by atoms with Crippen molar-refractivity contribution in [2.45, 2.75) is 12.7 Å². The van der Waals surface area contributed by atoms with Crippen molar-refractivity contribution < 1.29 is 17.6 Å². The van der Waals surface area contributed by atoms with Crippen LogP contribution in [0.5, 0.6) is 0 Å². The average molecular weight is 428 g/mol. The van der Waals surface area contributed by atoms with Crippen LogP contribution >= 0.6 is 0 Å². The first-order valence-corrected chi connectivity index (χ1v) is 9.26. The highest BCUT2D eigenvalue weighted by Gasteiger charge is 2.27. The Morgan fingerprint density at radius 1 is 0.839 bits per heavy atom. The smallest absolute Gasteiger partial charge is 0.359 e. The molecular formula is C21H16F4N6. The number of nitrogens with one attached hydrogen (secondary N) is 2. The van der Waals surface area contributed by atoms with Gasteiger partial charge in [0.15, 0.2) is 5.82 Å². The maximum absolute atomic E-state index is 13.2. The van der Waals surface area contributed by atoms with Crippen LogP contribution in [0.1, 0.15) is 5.69 Å². The van der Waals surface area contributed by atoms with Gasteiger partial charge < -0.3 is 10.6 Å². The molecule has 0 atom stereocenters. The summed E-state index contributed by atoms with van der Waals surface area (Å²) < 4.78 is 51.6. The Morgan fingerprint density at radius 3 is 2.35 bits per heavy atom. The molecule has 0 unspecified atom stereocenters. The van der Waals surface area contributed by atoms with E-state index in [9.17, 15) is 17.6 Å². The topological polar surface area (TPSA) is 75.6 Å². The van der Waals surface area contributed by atoms with Crippen LogP contribution < -0.4 is 10.6 Å². The third-order valence-electron chi connectivity index (χ3n) is 4.29. The summed E-state index contributed by atoms with van der Waals surface area (Å²) in [5.74, 6) is -0.321. The lowest BCUT2D eigenvalue weighted by Gasteiger charge is -2.13. The number of anilines is 2. The molecule has 3 heterocycles. The molecule has 0 fully saturated rings. The van der Waals surface area contributed by atoms with Gasteiger partial charge in [-0.15, -0.1) is 0 Å². The van der Waals surface area contributed by atoms with Crippen LogP contribution in [0.3, 0.4) is 0 Å². The number of halogens is 4. The van der Waals surface area contributed by atoms with Crippen molar-refractivity contribution in [3.05, 3.63) is 72.3 Å². The number of fused-ring (bicyclic) bond motifs is 1. The highest BCUT2D eigenvalue weighted by molar-refractivity contribution is 5.88. The Hall–Kier alpha value is -3.82. The summed E-state index contributed by atoms with van der Waals surface area (Å²) in [7, 11) is 0. The highest BCUT2D eigenvalue weighted by Crippen LogP contribution is 2.26. The van der Waals surface area contributed by atoms with Crippen LogP contribution in [0, 0.1) is 5.82 Å². The van der Waals surface area contributed by atoms with E-state index in [1.165, 1.54) is 24.3 Å². The molecule has 4 aromatic rings. The minimum atomic E-state index is -4.44.